The molecular formula is C16H37N3. The van der Waals surface area contributed by atoms with E-state index in [9.17, 15) is 0 Å². The van der Waals surface area contributed by atoms with Gasteiger partial charge in [0.2, 0.25) is 0 Å². The maximum atomic E-state index is 5.35. The van der Waals surface area contributed by atoms with E-state index in [-0.39, 0.29) is 0 Å². The Labute approximate surface area is 121 Å². The van der Waals surface area contributed by atoms with Crippen LogP contribution in [0.4, 0.5) is 0 Å². The minimum Gasteiger partial charge on any atom is -0.255 e. The van der Waals surface area contributed by atoms with Crippen LogP contribution in [0.2, 0.25) is 0 Å². The van der Waals surface area contributed by atoms with Crippen LogP contribution in [0.3, 0.4) is 0 Å². The Balaban J connectivity index is 2.91. The first-order valence-electron chi connectivity index (χ1n) is 8.54. The van der Waals surface area contributed by atoms with Crippen molar-refractivity contribution in [2.24, 2.45) is 11.7 Å². The van der Waals surface area contributed by atoms with Gasteiger partial charge < -0.3 is 0 Å². The van der Waals surface area contributed by atoms with Crippen LogP contribution in [0.15, 0.2) is 0 Å². The highest BCUT2D eigenvalue weighted by Gasteiger charge is 1.94. The molecule has 0 aliphatic rings. The largest absolute Gasteiger partial charge is 0.255 e. The average Bonchev–Trinajstić information content (AvgIpc) is 2.39. The summed E-state index contributed by atoms with van der Waals surface area (Å²) in [5.41, 5.74) is 0. The Morgan fingerprint density at radius 2 is 0.842 bits per heavy atom. The molecule has 3 nitrogen and oxygen atoms in total. The van der Waals surface area contributed by atoms with E-state index in [4.69, 9.17) is 11.7 Å². The van der Waals surface area contributed by atoms with E-state index in [0.717, 1.165) is 13.0 Å². The quantitative estimate of drug-likeness (QED) is 0.262. The SMILES string of the molecule is CCCCCCCCCCCCCCCCN(N)N. The van der Waals surface area contributed by atoms with Gasteiger partial charge in [-0.25, -0.2) is 0 Å². The smallest absolute Gasteiger partial charge is 0.0283 e. The summed E-state index contributed by atoms with van der Waals surface area (Å²) in [6, 6.07) is 0. The Morgan fingerprint density at radius 3 is 1.16 bits per heavy atom. The van der Waals surface area contributed by atoms with Gasteiger partial charge in [0.05, 0.1) is 0 Å². The van der Waals surface area contributed by atoms with E-state index in [1.807, 2.05) is 0 Å². The minimum absolute atomic E-state index is 0.817. The molecule has 0 saturated carbocycles. The van der Waals surface area contributed by atoms with Gasteiger partial charge in [-0.15, -0.1) is 0 Å². The fourth-order valence-electron chi connectivity index (χ4n) is 2.49. The third-order valence-corrected chi connectivity index (χ3v) is 3.77. The van der Waals surface area contributed by atoms with Gasteiger partial charge in [0.15, 0.2) is 0 Å². The normalized spacial score (nSPS) is 11.4. The van der Waals surface area contributed by atoms with Crippen LogP contribution in [0.5, 0.6) is 0 Å². The molecule has 0 aromatic carbocycles. The Hall–Kier alpha value is -0.120. The summed E-state index contributed by atoms with van der Waals surface area (Å²) >= 11 is 0. The van der Waals surface area contributed by atoms with Gasteiger partial charge in [-0.2, -0.15) is 5.12 Å². The fraction of sp³-hybridized carbons (Fsp3) is 1.00. The number of rotatable bonds is 15. The Bertz CT molecular complexity index is 160. The Kier molecular flexibility index (Phi) is 15.8. The topological polar surface area (TPSA) is 55.3 Å². The zero-order valence-corrected chi connectivity index (χ0v) is 13.2. The molecule has 0 saturated heterocycles. The first kappa shape index (κ1) is 18.9. The number of hydrogen-bond acceptors (Lipinski definition) is 3. The van der Waals surface area contributed by atoms with Crippen molar-refractivity contribution >= 4 is 0 Å². The second kappa shape index (κ2) is 15.9. The van der Waals surface area contributed by atoms with Gasteiger partial charge in [-0.1, -0.05) is 90.4 Å². The molecule has 19 heavy (non-hydrogen) atoms. The number of nitrogens with two attached hydrogens (primary N) is 2. The van der Waals surface area contributed by atoms with Gasteiger partial charge in [0.25, 0.3) is 0 Å². The van der Waals surface area contributed by atoms with Crippen LogP contribution in [0, 0.1) is 0 Å². The second-order valence-corrected chi connectivity index (χ2v) is 5.83. The summed E-state index contributed by atoms with van der Waals surface area (Å²) in [5, 5.41) is 1.29. The standard InChI is InChI=1S/C16H37N3/c1-2-3-4-5-6-7-8-9-10-11-12-13-14-15-16-19(17)18/h2-18H2,1H3. The van der Waals surface area contributed by atoms with Crippen molar-refractivity contribution < 1.29 is 0 Å². The van der Waals surface area contributed by atoms with Crippen molar-refractivity contribution in [1.29, 1.82) is 0 Å². The van der Waals surface area contributed by atoms with E-state index in [1.54, 1.807) is 0 Å². The molecule has 0 bridgehead atoms. The van der Waals surface area contributed by atoms with Crippen molar-refractivity contribution in [2.45, 2.75) is 96.8 Å². The van der Waals surface area contributed by atoms with Gasteiger partial charge in [0, 0.05) is 6.54 Å². The average molecular weight is 271 g/mol. The van der Waals surface area contributed by atoms with Gasteiger partial charge in [-0.05, 0) is 6.42 Å². The van der Waals surface area contributed by atoms with Crippen molar-refractivity contribution in [3.63, 3.8) is 0 Å². The second-order valence-electron chi connectivity index (χ2n) is 5.83. The first-order chi connectivity index (χ1) is 9.27. The molecule has 0 fully saturated rings. The summed E-state index contributed by atoms with van der Waals surface area (Å²) in [5.74, 6) is 10.7. The minimum atomic E-state index is 0.817. The van der Waals surface area contributed by atoms with Gasteiger partial charge >= 0.3 is 0 Å². The lowest BCUT2D eigenvalue weighted by molar-refractivity contribution is 0.285. The molecule has 0 aliphatic carbocycles. The summed E-state index contributed by atoms with van der Waals surface area (Å²) < 4.78 is 0. The van der Waals surface area contributed by atoms with Crippen LogP contribution in [0.1, 0.15) is 96.8 Å². The predicted octanol–water partition coefficient (Wildman–Crippen LogP) is 4.52. The number of hydrazine groups is 2. The van der Waals surface area contributed by atoms with E-state index in [2.05, 4.69) is 6.92 Å². The predicted molar refractivity (Wildman–Crippen MR) is 85.4 cm³/mol. The Morgan fingerprint density at radius 1 is 0.526 bits per heavy atom. The number of nitrogens with zero attached hydrogens (tertiary/aromatic N) is 1. The molecule has 0 atom stereocenters. The van der Waals surface area contributed by atoms with Crippen molar-refractivity contribution in [1.82, 2.24) is 5.12 Å². The molecule has 0 aromatic rings. The molecule has 0 aliphatic heterocycles. The van der Waals surface area contributed by atoms with Gasteiger partial charge in [-0.3, -0.25) is 11.7 Å². The van der Waals surface area contributed by atoms with Crippen LogP contribution >= 0.6 is 0 Å². The zero-order chi connectivity index (χ0) is 14.2. The van der Waals surface area contributed by atoms with Gasteiger partial charge in [0.1, 0.15) is 0 Å². The van der Waals surface area contributed by atoms with Crippen LogP contribution in [-0.4, -0.2) is 11.7 Å². The summed E-state index contributed by atoms with van der Waals surface area (Å²) in [7, 11) is 0. The molecule has 116 valence electrons. The third-order valence-electron chi connectivity index (χ3n) is 3.77. The van der Waals surface area contributed by atoms with E-state index < -0.39 is 0 Å². The maximum absolute atomic E-state index is 5.35. The van der Waals surface area contributed by atoms with Crippen LogP contribution in [0.25, 0.3) is 0 Å². The molecule has 0 spiro atoms. The maximum Gasteiger partial charge on any atom is 0.0283 e. The fourth-order valence-corrected chi connectivity index (χ4v) is 2.49. The summed E-state index contributed by atoms with van der Waals surface area (Å²) in [6.45, 7) is 3.10. The highest BCUT2D eigenvalue weighted by molar-refractivity contribution is 4.49. The lowest BCUT2D eigenvalue weighted by Crippen LogP contribution is -2.38. The summed E-state index contributed by atoms with van der Waals surface area (Å²) in [4.78, 5) is 0. The molecule has 4 N–H and O–H groups in total. The first-order valence-corrected chi connectivity index (χ1v) is 8.54. The van der Waals surface area contributed by atoms with Crippen LogP contribution < -0.4 is 11.7 Å². The molecule has 0 rings (SSSR count). The van der Waals surface area contributed by atoms with Crippen molar-refractivity contribution in [2.75, 3.05) is 6.54 Å². The van der Waals surface area contributed by atoms with E-state index in [0.29, 0.717) is 0 Å². The van der Waals surface area contributed by atoms with Crippen molar-refractivity contribution in [3.05, 3.63) is 0 Å². The molecule has 0 unspecified atom stereocenters. The van der Waals surface area contributed by atoms with E-state index in [1.165, 1.54) is 88.6 Å². The third kappa shape index (κ3) is 17.9. The zero-order valence-electron chi connectivity index (χ0n) is 13.2. The lowest BCUT2D eigenvalue weighted by atomic mass is 10.0. The molecular weight excluding hydrogens is 234 g/mol. The van der Waals surface area contributed by atoms with Crippen LogP contribution in [-0.2, 0) is 0 Å². The molecule has 0 radical (unpaired) electrons. The molecule has 3 heteroatoms. The highest BCUT2D eigenvalue weighted by Crippen LogP contribution is 2.12. The summed E-state index contributed by atoms with van der Waals surface area (Å²) in [6.07, 6.45) is 19.4. The monoisotopic (exact) mass is 271 g/mol. The highest BCUT2D eigenvalue weighted by atomic mass is 15.6. The van der Waals surface area contributed by atoms with E-state index >= 15 is 0 Å². The number of hydrogen-bond donors (Lipinski definition) is 2. The molecule has 0 aromatic heterocycles. The number of unbranched alkanes of at least 4 members (excludes halogenated alkanes) is 13. The molecule has 0 heterocycles. The lowest BCUT2D eigenvalue weighted by Gasteiger charge is -2.08. The van der Waals surface area contributed by atoms with Crippen molar-refractivity contribution in [3.8, 4) is 0 Å². The molecule has 0 amide bonds.